The zero-order valence-electron chi connectivity index (χ0n) is 20.8. The average Bonchev–Trinajstić information content (AvgIpc) is 3.01. The second-order valence-electron chi connectivity index (χ2n) is 9.82. The number of anilines is 1. The summed E-state index contributed by atoms with van der Waals surface area (Å²) in [6.45, 7) is 12.5. The van der Waals surface area contributed by atoms with Crippen molar-refractivity contribution < 1.29 is 9.90 Å². The van der Waals surface area contributed by atoms with E-state index in [2.05, 4.69) is 63.5 Å². The Morgan fingerprint density at radius 2 is 1.94 bits per heavy atom. The standard InChI is InChI=1S/C27H39N5O2/c1-4-23-19-32(25-24(33)16-22(17-29-25)26(34)28-5-2)15-12-30-27(23)10-13-31(14-11-27)18-21-8-6-20(3)7-9-21/h6-9,16-17,23,30,33H,4-5,10-15,18-19H2,1-3H3,(H,28,34). The molecule has 0 saturated carbocycles. The fraction of sp³-hybridized carbons (Fsp3) is 0.556. The highest BCUT2D eigenvalue weighted by Gasteiger charge is 2.42. The largest absolute Gasteiger partial charge is 0.504 e. The lowest BCUT2D eigenvalue weighted by molar-refractivity contribution is 0.0897. The third kappa shape index (κ3) is 5.36. The van der Waals surface area contributed by atoms with E-state index in [-0.39, 0.29) is 17.2 Å². The highest BCUT2D eigenvalue weighted by atomic mass is 16.3. The molecule has 7 heteroatoms. The van der Waals surface area contributed by atoms with E-state index in [0.717, 1.165) is 58.5 Å². The Balaban J connectivity index is 1.42. The van der Waals surface area contributed by atoms with E-state index < -0.39 is 0 Å². The number of hydrogen-bond donors (Lipinski definition) is 3. The van der Waals surface area contributed by atoms with E-state index in [0.29, 0.717) is 23.8 Å². The number of aromatic hydroxyl groups is 1. The van der Waals surface area contributed by atoms with Gasteiger partial charge in [0.15, 0.2) is 11.6 Å². The average molecular weight is 466 g/mol. The Kier molecular flexibility index (Phi) is 7.73. The molecule has 3 heterocycles. The van der Waals surface area contributed by atoms with Crippen molar-refractivity contribution in [2.45, 2.75) is 52.1 Å². The molecule has 2 aromatic rings. The van der Waals surface area contributed by atoms with Gasteiger partial charge in [-0.25, -0.2) is 4.98 Å². The van der Waals surface area contributed by atoms with Crippen molar-refractivity contribution in [1.29, 1.82) is 0 Å². The van der Waals surface area contributed by atoms with E-state index in [9.17, 15) is 9.90 Å². The summed E-state index contributed by atoms with van der Waals surface area (Å²) in [5, 5.41) is 17.4. The number of nitrogens with one attached hydrogen (secondary N) is 2. The molecule has 0 aliphatic carbocycles. The molecule has 2 saturated heterocycles. The monoisotopic (exact) mass is 465 g/mol. The van der Waals surface area contributed by atoms with Crippen LogP contribution in [0.4, 0.5) is 5.82 Å². The minimum Gasteiger partial charge on any atom is -0.504 e. The molecule has 1 unspecified atom stereocenters. The lowest BCUT2D eigenvalue weighted by Gasteiger charge is -2.46. The number of nitrogens with zero attached hydrogens (tertiary/aromatic N) is 3. The van der Waals surface area contributed by atoms with Gasteiger partial charge in [0.25, 0.3) is 5.91 Å². The molecule has 1 aromatic heterocycles. The van der Waals surface area contributed by atoms with Crippen LogP contribution in [-0.4, -0.2) is 65.7 Å². The maximum absolute atomic E-state index is 12.1. The number of carbonyl (C=O) groups excluding carboxylic acids is 1. The first-order valence-electron chi connectivity index (χ1n) is 12.7. The van der Waals surface area contributed by atoms with Crippen LogP contribution in [0.3, 0.4) is 0 Å². The van der Waals surface area contributed by atoms with Crippen molar-refractivity contribution in [1.82, 2.24) is 20.5 Å². The van der Waals surface area contributed by atoms with Crippen molar-refractivity contribution in [2.24, 2.45) is 5.92 Å². The zero-order chi connectivity index (χ0) is 24.1. The fourth-order valence-corrected chi connectivity index (χ4v) is 5.55. The molecule has 1 amide bonds. The number of aromatic nitrogens is 1. The Morgan fingerprint density at radius 1 is 1.21 bits per heavy atom. The van der Waals surface area contributed by atoms with Gasteiger partial charge in [-0.1, -0.05) is 36.8 Å². The van der Waals surface area contributed by atoms with Gasteiger partial charge in [0, 0.05) is 57.5 Å². The van der Waals surface area contributed by atoms with Gasteiger partial charge in [-0.3, -0.25) is 9.69 Å². The molecule has 34 heavy (non-hydrogen) atoms. The fourth-order valence-electron chi connectivity index (χ4n) is 5.55. The summed E-state index contributed by atoms with van der Waals surface area (Å²) < 4.78 is 0. The van der Waals surface area contributed by atoms with Crippen molar-refractivity contribution in [3.8, 4) is 5.75 Å². The number of aryl methyl sites for hydroxylation is 1. The number of benzene rings is 1. The van der Waals surface area contributed by atoms with Crippen LogP contribution in [0.5, 0.6) is 5.75 Å². The molecule has 3 N–H and O–H groups in total. The number of piperidine rings is 1. The second-order valence-corrected chi connectivity index (χ2v) is 9.82. The van der Waals surface area contributed by atoms with E-state index in [4.69, 9.17) is 0 Å². The molecular formula is C27H39N5O2. The van der Waals surface area contributed by atoms with Crippen LogP contribution >= 0.6 is 0 Å². The topological polar surface area (TPSA) is 80.7 Å². The van der Waals surface area contributed by atoms with Crippen LogP contribution < -0.4 is 15.5 Å². The highest BCUT2D eigenvalue weighted by molar-refractivity contribution is 5.94. The van der Waals surface area contributed by atoms with E-state index in [1.807, 2.05) is 6.92 Å². The van der Waals surface area contributed by atoms with Gasteiger partial charge in [0.2, 0.25) is 0 Å². The normalized spacial score (nSPS) is 20.8. The summed E-state index contributed by atoms with van der Waals surface area (Å²) in [7, 11) is 0. The Bertz CT molecular complexity index is 969. The third-order valence-corrected chi connectivity index (χ3v) is 7.60. The van der Waals surface area contributed by atoms with Gasteiger partial charge in [0.05, 0.1) is 5.56 Å². The van der Waals surface area contributed by atoms with Gasteiger partial charge in [-0.2, -0.15) is 0 Å². The molecule has 2 fully saturated rings. The molecule has 0 radical (unpaired) electrons. The molecule has 184 valence electrons. The van der Waals surface area contributed by atoms with E-state index >= 15 is 0 Å². The molecule has 2 aliphatic heterocycles. The number of likely N-dealkylation sites (tertiary alicyclic amines) is 1. The molecular weight excluding hydrogens is 426 g/mol. The maximum Gasteiger partial charge on any atom is 0.252 e. The van der Waals surface area contributed by atoms with Gasteiger partial charge in [0.1, 0.15) is 0 Å². The number of rotatable bonds is 6. The van der Waals surface area contributed by atoms with Crippen LogP contribution in [0.2, 0.25) is 0 Å². The molecule has 1 spiro atoms. The van der Waals surface area contributed by atoms with Gasteiger partial charge >= 0.3 is 0 Å². The first-order chi connectivity index (χ1) is 16.4. The SMILES string of the molecule is CCNC(=O)c1cnc(N2CCNC3(CCN(Cc4ccc(C)cc4)CC3)C(CC)C2)c(O)c1. The summed E-state index contributed by atoms with van der Waals surface area (Å²) in [4.78, 5) is 21.4. The lowest BCUT2D eigenvalue weighted by Crippen LogP contribution is -2.57. The Morgan fingerprint density at radius 3 is 2.59 bits per heavy atom. The number of carbonyl (C=O) groups is 1. The highest BCUT2D eigenvalue weighted by Crippen LogP contribution is 2.36. The van der Waals surface area contributed by atoms with Crippen LogP contribution in [0.15, 0.2) is 36.5 Å². The van der Waals surface area contributed by atoms with Crippen molar-refractivity contribution >= 4 is 11.7 Å². The van der Waals surface area contributed by atoms with Crippen molar-refractivity contribution in [2.75, 3.05) is 44.2 Å². The second kappa shape index (κ2) is 10.7. The summed E-state index contributed by atoms with van der Waals surface area (Å²) in [5.74, 6) is 0.891. The van der Waals surface area contributed by atoms with Gasteiger partial charge < -0.3 is 20.6 Å². The Hall–Kier alpha value is -2.64. The predicted octanol–water partition coefficient (Wildman–Crippen LogP) is 3.32. The number of hydrogen-bond acceptors (Lipinski definition) is 6. The molecule has 0 bridgehead atoms. The van der Waals surface area contributed by atoms with Gasteiger partial charge in [-0.05, 0) is 50.7 Å². The minimum atomic E-state index is -0.211. The molecule has 7 nitrogen and oxygen atoms in total. The first-order valence-corrected chi connectivity index (χ1v) is 12.7. The number of pyridine rings is 1. The smallest absolute Gasteiger partial charge is 0.252 e. The lowest BCUT2D eigenvalue weighted by atomic mass is 9.74. The predicted molar refractivity (Wildman–Crippen MR) is 136 cm³/mol. The summed E-state index contributed by atoms with van der Waals surface area (Å²) in [5.41, 5.74) is 3.19. The van der Waals surface area contributed by atoms with E-state index in [1.165, 1.54) is 17.2 Å². The van der Waals surface area contributed by atoms with Crippen LogP contribution in [0.25, 0.3) is 0 Å². The Labute approximate surface area is 203 Å². The molecule has 2 aliphatic rings. The third-order valence-electron chi connectivity index (χ3n) is 7.60. The molecule has 4 rings (SSSR count). The molecule has 1 atom stereocenters. The van der Waals surface area contributed by atoms with Crippen LogP contribution in [0.1, 0.15) is 54.6 Å². The van der Waals surface area contributed by atoms with Crippen LogP contribution in [-0.2, 0) is 6.54 Å². The summed E-state index contributed by atoms with van der Waals surface area (Å²) in [6.07, 6.45) is 4.89. The molecule has 1 aromatic carbocycles. The van der Waals surface area contributed by atoms with Gasteiger partial charge in [-0.15, -0.1) is 0 Å². The summed E-state index contributed by atoms with van der Waals surface area (Å²) in [6, 6.07) is 10.4. The quantitative estimate of drug-likeness (QED) is 0.607. The first kappa shape index (κ1) is 24.5. The minimum absolute atomic E-state index is 0.0717. The van der Waals surface area contributed by atoms with Crippen LogP contribution in [0, 0.1) is 12.8 Å². The zero-order valence-corrected chi connectivity index (χ0v) is 20.8. The maximum atomic E-state index is 12.1. The summed E-state index contributed by atoms with van der Waals surface area (Å²) >= 11 is 0. The van der Waals surface area contributed by atoms with Crippen molar-refractivity contribution in [3.05, 3.63) is 53.2 Å². The van der Waals surface area contributed by atoms with E-state index in [1.54, 1.807) is 6.20 Å². The van der Waals surface area contributed by atoms with Crippen molar-refractivity contribution in [3.63, 3.8) is 0 Å². The number of amides is 1.